The number of esters is 1. The smallest absolute Gasteiger partial charge is 0.323 e. The van der Waals surface area contributed by atoms with Crippen LogP contribution in [-0.4, -0.2) is 74.2 Å². The largest absolute Gasteiger partial charge is 0.468 e. The fourth-order valence-corrected chi connectivity index (χ4v) is 2.32. The first-order chi connectivity index (χ1) is 8.72. The summed E-state index contributed by atoms with van der Waals surface area (Å²) in [7, 11) is 1.40. The fourth-order valence-electron chi connectivity index (χ4n) is 2.32. The van der Waals surface area contributed by atoms with E-state index in [9.17, 15) is 9.59 Å². The maximum Gasteiger partial charge on any atom is 0.323 e. The molecule has 1 amide bonds. The third kappa shape index (κ3) is 3.00. The molecule has 0 aromatic heterocycles. The molecule has 102 valence electrons. The number of rotatable bonds is 4. The number of methoxy groups -OCH3 is 1. The van der Waals surface area contributed by atoms with Crippen molar-refractivity contribution >= 4 is 11.9 Å². The van der Waals surface area contributed by atoms with Crippen LogP contribution in [0.2, 0.25) is 0 Å². The van der Waals surface area contributed by atoms with Crippen LogP contribution in [0.5, 0.6) is 0 Å². The van der Waals surface area contributed by atoms with Gasteiger partial charge in [0.05, 0.1) is 20.3 Å². The molecule has 6 heteroatoms. The second-order valence-electron chi connectivity index (χ2n) is 4.61. The maximum atomic E-state index is 11.9. The Morgan fingerprint density at radius 3 is 2.56 bits per heavy atom. The molecule has 2 fully saturated rings. The Balaban J connectivity index is 1.71. The lowest BCUT2D eigenvalue weighted by Crippen LogP contribution is -2.53. The summed E-state index contributed by atoms with van der Waals surface area (Å²) in [5.74, 6) is -0.0473. The molecule has 1 atom stereocenters. The van der Waals surface area contributed by atoms with Gasteiger partial charge in [-0.05, 0) is 6.42 Å². The fraction of sp³-hybridized carbons (Fsp3) is 0.833. The molecule has 1 unspecified atom stereocenters. The zero-order chi connectivity index (χ0) is 13.0. The van der Waals surface area contributed by atoms with Crippen LogP contribution in [0.3, 0.4) is 0 Å². The molecule has 18 heavy (non-hydrogen) atoms. The summed E-state index contributed by atoms with van der Waals surface area (Å²) in [6.45, 7) is 4.12. The molecule has 2 saturated heterocycles. The van der Waals surface area contributed by atoms with Crippen molar-refractivity contribution in [3.63, 3.8) is 0 Å². The maximum absolute atomic E-state index is 11.9. The van der Waals surface area contributed by atoms with Crippen molar-refractivity contribution in [3.8, 4) is 0 Å². The first-order valence-corrected chi connectivity index (χ1v) is 6.40. The molecular formula is C12H20N2O4. The van der Waals surface area contributed by atoms with E-state index in [0.717, 1.165) is 13.0 Å². The topological polar surface area (TPSA) is 59.1 Å². The van der Waals surface area contributed by atoms with Gasteiger partial charge in [-0.25, -0.2) is 0 Å². The summed E-state index contributed by atoms with van der Waals surface area (Å²) in [6, 6.07) is -0.146. The zero-order valence-electron chi connectivity index (χ0n) is 10.8. The molecule has 0 aromatic rings. The highest BCUT2D eigenvalue weighted by Crippen LogP contribution is 2.18. The summed E-state index contributed by atoms with van der Waals surface area (Å²) in [5, 5.41) is 0. The van der Waals surface area contributed by atoms with Gasteiger partial charge >= 0.3 is 5.97 Å². The van der Waals surface area contributed by atoms with E-state index >= 15 is 0 Å². The standard InChI is InChI=1S/C12H20N2O4/c1-17-12(16)10-2-4-13(10)5-3-11(15)14-6-8-18-9-7-14/h10H,2-9H2,1H3. The minimum Gasteiger partial charge on any atom is -0.468 e. The van der Waals surface area contributed by atoms with E-state index in [1.807, 2.05) is 9.80 Å². The van der Waals surface area contributed by atoms with E-state index in [0.29, 0.717) is 39.3 Å². The second-order valence-corrected chi connectivity index (χ2v) is 4.61. The van der Waals surface area contributed by atoms with Gasteiger partial charge in [0.2, 0.25) is 5.91 Å². The first kappa shape index (κ1) is 13.3. The van der Waals surface area contributed by atoms with Gasteiger partial charge in [0.15, 0.2) is 0 Å². The molecule has 0 radical (unpaired) electrons. The number of hydrogen-bond acceptors (Lipinski definition) is 5. The molecule has 0 aromatic carbocycles. The number of nitrogens with zero attached hydrogens (tertiary/aromatic N) is 2. The number of morpholine rings is 1. The summed E-state index contributed by atoms with van der Waals surface area (Å²) in [4.78, 5) is 27.1. The van der Waals surface area contributed by atoms with Gasteiger partial charge in [-0.2, -0.15) is 0 Å². The van der Waals surface area contributed by atoms with Crippen molar-refractivity contribution in [1.29, 1.82) is 0 Å². The van der Waals surface area contributed by atoms with Gasteiger partial charge in [0, 0.05) is 32.6 Å². The molecule has 6 nitrogen and oxygen atoms in total. The van der Waals surface area contributed by atoms with Crippen LogP contribution in [0, 0.1) is 0 Å². The highest BCUT2D eigenvalue weighted by atomic mass is 16.5. The van der Waals surface area contributed by atoms with Crippen LogP contribution in [0.1, 0.15) is 12.8 Å². The van der Waals surface area contributed by atoms with Crippen molar-refractivity contribution in [2.45, 2.75) is 18.9 Å². The van der Waals surface area contributed by atoms with Gasteiger partial charge in [-0.1, -0.05) is 0 Å². The van der Waals surface area contributed by atoms with Gasteiger partial charge in [-0.15, -0.1) is 0 Å². The van der Waals surface area contributed by atoms with Crippen molar-refractivity contribution in [2.75, 3.05) is 46.5 Å². The molecule has 2 rings (SSSR count). The molecule has 0 aliphatic carbocycles. The van der Waals surface area contributed by atoms with E-state index in [-0.39, 0.29) is 17.9 Å². The molecule has 2 heterocycles. The highest BCUT2D eigenvalue weighted by molar-refractivity contribution is 5.78. The number of ether oxygens (including phenoxy) is 2. The monoisotopic (exact) mass is 256 g/mol. The minimum absolute atomic E-state index is 0.146. The van der Waals surface area contributed by atoms with E-state index in [4.69, 9.17) is 9.47 Å². The summed E-state index contributed by atoms with van der Waals surface area (Å²) < 4.78 is 9.92. The van der Waals surface area contributed by atoms with Crippen LogP contribution in [0.25, 0.3) is 0 Å². The van der Waals surface area contributed by atoms with Gasteiger partial charge in [-0.3, -0.25) is 14.5 Å². The number of likely N-dealkylation sites (tertiary alicyclic amines) is 1. The lowest BCUT2D eigenvalue weighted by Gasteiger charge is -2.39. The number of carbonyl (C=O) groups excluding carboxylic acids is 2. The van der Waals surface area contributed by atoms with Gasteiger partial charge < -0.3 is 14.4 Å². The Kier molecular flexibility index (Phi) is 4.54. The highest BCUT2D eigenvalue weighted by Gasteiger charge is 2.35. The van der Waals surface area contributed by atoms with E-state index < -0.39 is 0 Å². The van der Waals surface area contributed by atoms with Crippen LogP contribution in [-0.2, 0) is 19.1 Å². The molecule has 2 aliphatic rings. The zero-order valence-corrected chi connectivity index (χ0v) is 10.8. The van der Waals surface area contributed by atoms with Crippen LogP contribution >= 0.6 is 0 Å². The van der Waals surface area contributed by atoms with Crippen molar-refractivity contribution in [3.05, 3.63) is 0 Å². The predicted octanol–water partition coefficient (Wildman–Crippen LogP) is -0.517. The lowest BCUT2D eigenvalue weighted by molar-refractivity contribution is -0.152. The van der Waals surface area contributed by atoms with Crippen LogP contribution in [0.15, 0.2) is 0 Å². The minimum atomic E-state index is -0.194. The van der Waals surface area contributed by atoms with Gasteiger partial charge in [0.25, 0.3) is 0 Å². The van der Waals surface area contributed by atoms with E-state index in [2.05, 4.69) is 0 Å². The Bertz CT molecular complexity index is 315. The summed E-state index contributed by atoms with van der Waals surface area (Å²) >= 11 is 0. The average molecular weight is 256 g/mol. The molecule has 0 bridgehead atoms. The third-order valence-electron chi connectivity index (χ3n) is 3.58. The van der Waals surface area contributed by atoms with Crippen LogP contribution in [0.4, 0.5) is 0 Å². The van der Waals surface area contributed by atoms with E-state index in [1.54, 1.807) is 0 Å². The Morgan fingerprint density at radius 2 is 2.00 bits per heavy atom. The van der Waals surface area contributed by atoms with Crippen LogP contribution < -0.4 is 0 Å². The molecule has 0 N–H and O–H groups in total. The Labute approximate surface area is 107 Å². The number of amides is 1. The normalized spacial score (nSPS) is 24.5. The third-order valence-corrected chi connectivity index (χ3v) is 3.58. The van der Waals surface area contributed by atoms with Crippen molar-refractivity contribution in [1.82, 2.24) is 9.80 Å². The predicted molar refractivity (Wildman–Crippen MR) is 64.0 cm³/mol. The average Bonchev–Trinajstić information content (AvgIpc) is 2.38. The SMILES string of the molecule is COC(=O)C1CCN1CCC(=O)N1CCOCC1. The Morgan fingerprint density at radius 1 is 1.28 bits per heavy atom. The first-order valence-electron chi connectivity index (χ1n) is 6.40. The van der Waals surface area contributed by atoms with Crippen molar-refractivity contribution in [2.24, 2.45) is 0 Å². The number of hydrogen-bond donors (Lipinski definition) is 0. The lowest BCUT2D eigenvalue weighted by atomic mass is 10.0. The number of carbonyl (C=O) groups is 2. The van der Waals surface area contributed by atoms with Gasteiger partial charge in [0.1, 0.15) is 6.04 Å². The molecule has 2 aliphatic heterocycles. The van der Waals surface area contributed by atoms with Crippen molar-refractivity contribution < 1.29 is 19.1 Å². The molecular weight excluding hydrogens is 236 g/mol. The Hall–Kier alpha value is -1.14. The second kappa shape index (κ2) is 6.15. The van der Waals surface area contributed by atoms with E-state index in [1.165, 1.54) is 7.11 Å². The quantitative estimate of drug-likeness (QED) is 0.634. The summed E-state index contributed by atoms with van der Waals surface area (Å²) in [5.41, 5.74) is 0. The molecule has 0 spiro atoms. The molecule has 0 saturated carbocycles. The summed E-state index contributed by atoms with van der Waals surface area (Å²) in [6.07, 6.45) is 1.30.